The van der Waals surface area contributed by atoms with Gasteiger partial charge in [0.05, 0.1) is 10.2 Å². The summed E-state index contributed by atoms with van der Waals surface area (Å²) >= 11 is 1.38. The molecule has 1 saturated heterocycles. The minimum absolute atomic E-state index is 0.401. The molecule has 4 amide bonds. The van der Waals surface area contributed by atoms with Gasteiger partial charge in [0, 0.05) is 7.05 Å². The smallest absolute Gasteiger partial charge is 0.319 e. The van der Waals surface area contributed by atoms with E-state index >= 15 is 0 Å². The molecule has 2 heterocycles. The van der Waals surface area contributed by atoms with Crippen LogP contribution in [0.5, 0.6) is 0 Å². The molecule has 7 nitrogen and oxygen atoms in total. The molecule has 142 valence electrons. The zero-order chi connectivity index (χ0) is 19.9. The van der Waals surface area contributed by atoms with Crippen LogP contribution in [-0.4, -0.2) is 33.9 Å². The molecule has 1 atom stereocenters. The summed E-state index contributed by atoms with van der Waals surface area (Å²) in [6.45, 7) is 1.23. The van der Waals surface area contributed by atoms with Gasteiger partial charge in [-0.25, -0.2) is 4.79 Å². The van der Waals surface area contributed by atoms with Crippen molar-refractivity contribution in [2.75, 3.05) is 6.54 Å². The van der Waals surface area contributed by atoms with E-state index in [-0.39, 0.29) is 0 Å². The van der Waals surface area contributed by atoms with Gasteiger partial charge in [-0.3, -0.25) is 14.5 Å². The van der Waals surface area contributed by atoms with Crippen molar-refractivity contribution in [3.8, 4) is 0 Å². The summed E-state index contributed by atoms with van der Waals surface area (Å²) in [5, 5.41) is 2.69. The van der Waals surface area contributed by atoms with E-state index in [1.54, 1.807) is 31.2 Å². The Balaban J connectivity index is 1.60. The first-order valence-electron chi connectivity index (χ1n) is 8.72. The Morgan fingerprint density at radius 1 is 1.11 bits per heavy atom. The normalized spacial score (nSPS) is 20.1. The van der Waals surface area contributed by atoms with Crippen molar-refractivity contribution in [1.29, 1.82) is 0 Å². The predicted molar refractivity (Wildman–Crippen MR) is 105 cm³/mol. The first-order valence-corrected chi connectivity index (χ1v) is 9.53. The molecule has 0 spiro atoms. The lowest BCUT2D eigenvalue weighted by Crippen LogP contribution is -2.41. The molecular formula is C20H18N4O3S. The fourth-order valence-electron chi connectivity index (χ4n) is 3.27. The molecule has 1 aliphatic rings. The van der Waals surface area contributed by atoms with Crippen molar-refractivity contribution in [3.05, 3.63) is 65.0 Å². The molecule has 0 aliphatic carbocycles. The highest BCUT2D eigenvalue weighted by atomic mass is 32.1. The maximum Gasteiger partial charge on any atom is 0.325 e. The number of imide groups is 1. The fraction of sp³-hybridized carbons (Fsp3) is 0.200. The van der Waals surface area contributed by atoms with Crippen LogP contribution < -0.4 is 10.1 Å². The molecule has 28 heavy (non-hydrogen) atoms. The van der Waals surface area contributed by atoms with Gasteiger partial charge >= 0.3 is 6.03 Å². The first-order chi connectivity index (χ1) is 13.4. The van der Waals surface area contributed by atoms with Crippen LogP contribution in [0.25, 0.3) is 10.2 Å². The van der Waals surface area contributed by atoms with Gasteiger partial charge in [0.2, 0.25) is 0 Å². The molecule has 1 aromatic heterocycles. The second kappa shape index (κ2) is 6.72. The minimum Gasteiger partial charge on any atom is -0.319 e. The van der Waals surface area contributed by atoms with Crippen LogP contribution in [-0.2, 0) is 22.2 Å². The number of nitrogens with zero attached hydrogens (tertiary/aromatic N) is 3. The molecule has 2 aromatic carbocycles. The van der Waals surface area contributed by atoms with Crippen LogP contribution in [0.15, 0.2) is 59.6 Å². The van der Waals surface area contributed by atoms with E-state index < -0.39 is 29.9 Å². The summed E-state index contributed by atoms with van der Waals surface area (Å²) in [6.07, 6.45) is 0. The monoisotopic (exact) mass is 394 g/mol. The van der Waals surface area contributed by atoms with Crippen molar-refractivity contribution < 1.29 is 14.4 Å². The SMILES string of the molecule is Cn1c(=NC(=O)CN2C(=O)NC(C)(c3ccccc3)C2=O)sc2ccccc21. The highest BCUT2D eigenvalue weighted by Gasteiger charge is 2.49. The lowest BCUT2D eigenvalue weighted by Gasteiger charge is -2.21. The zero-order valence-electron chi connectivity index (χ0n) is 15.4. The molecule has 4 rings (SSSR count). The molecule has 3 aromatic rings. The highest BCUT2D eigenvalue weighted by molar-refractivity contribution is 7.16. The van der Waals surface area contributed by atoms with Crippen molar-refractivity contribution in [1.82, 2.24) is 14.8 Å². The predicted octanol–water partition coefficient (Wildman–Crippen LogP) is 2.13. The Bertz CT molecular complexity index is 1160. The van der Waals surface area contributed by atoms with Crippen LogP contribution >= 0.6 is 11.3 Å². The molecule has 1 fully saturated rings. The number of hydrogen-bond acceptors (Lipinski definition) is 4. The molecule has 1 aliphatic heterocycles. The summed E-state index contributed by atoms with van der Waals surface area (Å²) in [5.74, 6) is -1.02. The van der Waals surface area contributed by atoms with Crippen LogP contribution in [0.3, 0.4) is 0 Å². The molecule has 1 unspecified atom stereocenters. The van der Waals surface area contributed by atoms with Gasteiger partial charge in [0.15, 0.2) is 4.80 Å². The van der Waals surface area contributed by atoms with E-state index in [0.29, 0.717) is 10.4 Å². The quantitative estimate of drug-likeness (QED) is 0.691. The number of urea groups is 1. The Kier molecular flexibility index (Phi) is 4.35. The van der Waals surface area contributed by atoms with Crippen molar-refractivity contribution in [2.45, 2.75) is 12.5 Å². The number of para-hydroxylation sites is 1. The average Bonchev–Trinajstić information content (AvgIpc) is 3.12. The van der Waals surface area contributed by atoms with Gasteiger partial charge in [-0.1, -0.05) is 53.8 Å². The van der Waals surface area contributed by atoms with Gasteiger partial charge in [-0.15, -0.1) is 0 Å². The fourth-order valence-corrected chi connectivity index (χ4v) is 4.31. The minimum atomic E-state index is -1.19. The van der Waals surface area contributed by atoms with Crippen molar-refractivity contribution >= 4 is 39.4 Å². The van der Waals surface area contributed by atoms with Gasteiger partial charge in [0.25, 0.3) is 11.8 Å². The average molecular weight is 394 g/mol. The third-order valence-electron chi connectivity index (χ3n) is 4.85. The van der Waals surface area contributed by atoms with Gasteiger partial charge < -0.3 is 9.88 Å². The summed E-state index contributed by atoms with van der Waals surface area (Å²) in [4.78, 5) is 43.3. The number of aryl methyl sites for hydroxylation is 1. The van der Waals surface area contributed by atoms with Crippen LogP contribution in [0.4, 0.5) is 4.79 Å². The Labute approximate surface area is 164 Å². The van der Waals surface area contributed by atoms with Gasteiger partial charge in [0.1, 0.15) is 12.1 Å². The third kappa shape index (κ3) is 2.91. The van der Waals surface area contributed by atoms with E-state index in [9.17, 15) is 14.4 Å². The number of aromatic nitrogens is 1. The molecule has 1 N–H and O–H groups in total. The standard InChI is InChI=1S/C20H18N4O3S/c1-20(13-8-4-3-5-9-13)17(26)24(18(27)22-20)12-16(25)21-19-23(2)14-10-6-7-11-15(14)28-19/h3-11H,12H2,1-2H3,(H,22,27). The number of nitrogens with one attached hydrogen (secondary N) is 1. The van der Waals surface area contributed by atoms with E-state index in [4.69, 9.17) is 0 Å². The summed E-state index contributed by atoms with van der Waals surface area (Å²) < 4.78 is 2.82. The van der Waals surface area contributed by atoms with Crippen molar-refractivity contribution in [3.63, 3.8) is 0 Å². The van der Waals surface area contributed by atoms with Crippen LogP contribution in [0, 0.1) is 0 Å². The number of fused-ring (bicyclic) bond motifs is 1. The zero-order valence-corrected chi connectivity index (χ0v) is 16.2. The van der Waals surface area contributed by atoms with E-state index in [1.165, 1.54) is 11.3 Å². The van der Waals surface area contributed by atoms with Crippen LogP contribution in [0.2, 0.25) is 0 Å². The number of carbonyl (C=O) groups excluding carboxylic acids is 3. The number of rotatable bonds is 3. The summed E-state index contributed by atoms with van der Waals surface area (Å²) in [6, 6.07) is 16.1. The van der Waals surface area contributed by atoms with Gasteiger partial charge in [-0.05, 0) is 24.6 Å². The van der Waals surface area contributed by atoms with Crippen molar-refractivity contribution in [2.24, 2.45) is 12.0 Å². The van der Waals surface area contributed by atoms with Crippen LogP contribution in [0.1, 0.15) is 12.5 Å². The Morgan fingerprint density at radius 3 is 2.50 bits per heavy atom. The van der Waals surface area contributed by atoms with E-state index in [2.05, 4.69) is 10.3 Å². The summed E-state index contributed by atoms with van der Waals surface area (Å²) in [5.41, 5.74) is 0.433. The number of carbonyl (C=O) groups is 3. The van der Waals surface area contributed by atoms with E-state index in [1.807, 2.05) is 41.9 Å². The lowest BCUT2D eigenvalue weighted by molar-refractivity contribution is -0.134. The maximum atomic E-state index is 12.9. The second-order valence-electron chi connectivity index (χ2n) is 6.73. The number of thiazole rings is 1. The topological polar surface area (TPSA) is 83.8 Å². The molecule has 8 heteroatoms. The number of hydrogen-bond donors (Lipinski definition) is 1. The first kappa shape index (κ1) is 18.1. The summed E-state index contributed by atoms with van der Waals surface area (Å²) in [7, 11) is 1.82. The Hall–Kier alpha value is -3.26. The second-order valence-corrected chi connectivity index (χ2v) is 7.74. The molecular weight excluding hydrogens is 376 g/mol. The maximum absolute atomic E-state index is 12.9. The largest absolute Gasteiger partial charge is 0.325 e. The lowest BCUT2D eigenvalue weighted by atomic mass is 9.92. The number of benzene rings is 2. The molecule has 0 radical (unpaired) electrons. The van der Waals surface area contributed by atoms with Gasteiger partial charge in [-0.2, -0.15) is 4.99 Å². The Morgan fingerprint density at radius 2 is 1.79 bits per heavy atom. The van der Waals surface area contributed by atoms with E-state index in [0.717, 1.165) is 15.1 Å². The molecule has 0 saturated carbocycles. The number of amides is 4. The molecule has 0 bridgehead atoms. The third-order valence-corrected chi connectivity index (χ3v) is 5.97. The highest BCUT2D eigenvalue weighted by Crippen LogP contribution is 2.28.